The Balaban J connectivity index is 0.00000338. The Bertz CT molecular complexity index is 547. The predicted molar refractivity (Wildman–Crippen MR) is 96.3 cm³/mol. The van der Waals surface area contributed by atoms with Gasteiger partial charge in [0.1, 0.15) is 6.61 Å². The highest BCUT2D eigenvalue weighted by molar-refractivity contribution is 5.85. The maximum atomic E-state index is 12.3. The lowest BCUT2D eigenvalue weighted by Crippen LogP contribution is -2.49. The molecule has 1 aromatic rings. The van der Waals surface area contributed by atoms with Gasteiger partial charge in [0.2, 0.25) is 5.91 Å². The largest absolute Gasteiger partial charge is 0.411 e. The van der Waals surface area contributed by atoms with E-state index in [2.05, 4.69) is 9.64 Å². The lowest BCUT2D eigenvalue weighted by atomic mass is 10.1. The van der Waals surface area contributed by atoms with Gasteiger partial charge in [-0.25, -0.2) is 0 Å². The second-order valence-corrected chi connectivity index (χ2v) is 6.16. The number of ether oxygens (including phenoxy) is 1. The minimum atomic E-state index is -4.27. The zero-order chi connectivity index (χ0) is 18.3. The zero-order valence-corrected chi connectivity index (χ0v) is 15.3. The van der Waals surface area contributed by atoms with Crippen LogP contribution in [0.5, 0.6) is 0 Å². The van der Waals surface area contributed by atoms with Gasteiger partial charge in [0, 0.05) is 45.0 Å². The first-order chi connectivity index (χ1) is 11.8. The minimum absolute atomic E-state index is 0. The van der Waals surface area contributed by atoms with Gasteiger partial charge < -0.3 is 15.4 Å². The minimum Gasteiger partial charge on any atom is -0.399 e. The summed E-state index contributed by atoms with van der Waals surface area (Å²) in [7, 11) is 0. The topological polar surface area (TPSA) is 58.8 Å². The monoisotopic (exact) mass is 395 g/mol. The standard InChI is InChI=1S/C17H24F3N3O2.ClH/c18-17(19,20)13-25-11-1-6-22-7-9-23(10-8-22)16(24)12-14-2-4-15(21)5-3-14;/h2-5H,1,6-13,21H2;1H. The molecule has 1 saturated heterocycles. The van der Waals surface area contributed by atoms with Crippen LogP contribution < -0.4 is 5.73 Å². The molecule has 2 rings (SSSR count). The molecule has 0 aromatic heterocycles. The molecular formula is C17H25ClF3N3O2. The van der Waals surface area contributed by atoms with Crippen molar-refractivity contribution < 1.29 is 22.7 Å². The van der Waals surface area contributed by atoms with Crippen molar-refractivity contribution in [3.63, 3.8) is 0 Å². The Labute approximate surface area is 157 Å². The Morgan fingerprint density at radius 2 is 1.73 bits per heavy atom. The SMILES string of the molecule is Cl.Nc1ccc(CC(=O)N2CCN(CCCOCC(F)(F)F)CC2)cc1. The fourth-order valence-corrected chi connectivity index (χ4v) is 2.72. The lowest BCUT2D eigenvalue weighted by Gasteiger charge is -2.34. The van der Waals surface area contributed by atoms with E-state index < -0.39 is 12.8 Å². The molecule has 1 fully saturated rings. The average Bonchev–Trinajstić information content (AvgIpc) is 2.56. The molecule has 26 heavy (non-hydrogen) atoms. The first kappa shape index (κ1) is 22.5. The van der Waals surface area contributed by atoms with E-state index in [1.54, 1.807) is 12.1 Å². The summed E-state index contributed by atoms with van der Waals surface area (Å²) in [6.45, 7) is 2.31. The Kier molecular flexibility index (Phi) is 9.18. The molecule has 0 unspecified atom stereocenters. The average molecular weight is 396 g/mol. The molecule has 9 heteroatoms. The summed E-state index contributed by atoms with van der Waals surface area (Å²) in [5.74, 6) is 0.0814. The van der Waals surface area contributed by atoms with E-state index >= 15 is 0 Å². The van der Waals surface area contributed by atoms with Crippen LogP contribution in [-0.2, 0) is 16.0 Å². The zero-order valence-electron chi connectivity index (χ0n) is 14.5. The van der Waals surface area contributed by atoms with Crippen LogP contribution in [-0.4, -0.2) is 67.8 Å². The van der Waals surface area contributed by atoms with Crippen LogP contribution in [0.3, 0.4) is 0 Å². The number of carbonyl (C=O) groups excluding carboxylic acids is 1. The van der Waals surface area contributed by atoms with Gasteiger partial charge in [-0.15, -0.1) is 12.4 Å². The molecule has 0 spiro atoms. The molecule has 148 valence electrons. The third-order valence-electron chi connectivity index (χ3n) is 4.09. The molecule has 1 aliphatic heterocycles. The number of piperazine rings is 1. The molecule has 1 amide bonds. The number of nitrogens with zero attached hydrogens (tertiary/aromatic N) is 2. The van der Waals surface area contributed by atoms with E-state index in [9.17, 15) is 18.0 Å². The van der Waals surface area contributed by atoms with Gasteiger partial charge in [-0.2, -0.15) is 13.2 Å². The van der Waals surface area contributed by atoms with Crippen LogP contribution in [0, 0.1) is 0 Å². The van der Waals surface area contributed by atoms with Crippen molar-refractivity contribution in [2.75, 3.05) is 51.7 Å². The van der Waals surface area contributed by atoms with Crippen LogP contribution in [0.1, 0.15) is 12.0 Å². The summed E-state index contributed by atoms with van der Waals surface area (Å²) in [4.78, 5) is 16.3. The van der Waals surface area contributed by atoms with Crippen LogP contribution >= 0.6 is 12.4 Å². The predicted octanol–water partition coefficient (Wildman–Crippen LogP) is 2.35. The molecule has 1 aromatic carbocycles. The summed E-state index contributed by atoms with van der Waals surface area (Å²) in [5.41, 5.74) is 7.23. The number of rotatable bonds is 7. The van der Waals surface area contributed by atoms with Crippen LogP contribution in [0.4, 0.5) is 18.9 Å². The molecule has 2 N–H and O–H groups in total. The Hall–Kier alpha value is -1.51. The normalized spacial score (nSPS) is 15.6. The van der Waals surface area contributed by atoms with Crippen molar-refractivity contribution >= 4 is 24.0 Å². The maximum Gasteiger partial charge on any atom is 0.411 e. The third kappa shape index (κ3) is 8.25. The van der Waals surface area contributed by atoms with Crippen molar-refractivity contribution in [3.05, 3.63) is 29.8 Å². The second kappa shape index (κ2) is 10.6. The van der Waals surface area contributed by atoms with Gasteiger partial charge in [-0.05, 0) is 24.1 Å². The molecule has 0 saturated carbocycles. The van der Waals surface area contributed by atoms with E-state index in [1.165, 1.54) is 0 Å². The molecular weight excluding hydrogens is 371 g/mol. The number of nitrogens with two attached hydrogens (primary N) is 1. The van der Waals surface area contributed by atoms with Gasteiger partial charge in [-0.1, -0.05) is 12.1 Å². The number of hydrogen-bond acceptors (Lipinski definition) is 4. The summed E-state index contributed by atoms with van der Waals surface area (Å²) in [5, 5.41) is 0. The summed E-state index contributed by atoms with van der Waals surface area (Å²) >= 11 is 0. The van der Waals surface area contributed by atoms with E-state index in [0.29, 0.717) is 38.2 Å². The highest BCUT2D eigenvalue weighted by atomic mass is 35.5. The van der Waals surface area contributed by atoms with Gasteiger partial charge >= 0.3 is 6.18 Å². The number of hydrogen-bond donors (Lipinski definition) is 1. The molecule has 1 aliphatic rings. The Morgan fingerprint density at radius 1 is 1.12 bits per heavy atom. The fraction of sp³-hybridized carbons (Fsp3) is 0.588. The first-order valence-corrected chi connectivity index (χ1v) is 8.32. The van der Waals surface area contributed by atoms with Gasteiger partial charge in [0.05, 0.1) is 6.42 Å². The van der Waals surface area contributed by atoms with Crippen molar-refractivity contribution in [2.24, 2.45) is 0 Å². The molecule has 0 atom stereocenters. The highest BCUT2D eigenvalue weighted by Gasteiger charge is 2.27. The first-order valence-electron chi connectivity index (χ1n) is 8.32. The van der Waals surface area contributed by atoms with E-state index in [4.69, 9.17) is 5.73 Å². The molecule has 0 bridgehead atoms. The van der Waals surface area contributed by atoms with Gasteiger partial charge in [-0.3, -0.25) is 9.69 Å². The van der Waals surface area contributed by atoms with Crippen LogP contribution in [0.25, 0.3) is 0 Å². The molecule has 0 radical (unpaired) electrons. The number of anilines is 1. The fourth-order valence-electron chi connectivity index (χ4n) is 2.72. The van der Waals surface area contributed by atoms with Crippen molar-refractivity contribution in [1.29, 1.82) is 0 Å². The lowest BCUT2D eigenvalue weighted by molar-refractivity contribution is -0.174. The quantitative estimate of drug-likeness (QED) is 0.568. The smallest absolute Gasteiger partial charge is 0.399 e. The highest BCUT2D eigenvalue weighted by Crippen LogP contribution is 2.14. The van der Waals surface area contributed by atoms with E-state index in [0.717, 1.165) is 18.7 Å². The molecule has 5 nitrogen and oxygen atoms in total. The number of alkyl halides is 3. The molecule has 0 aliphatic carbocycles. The summed E-state index contributed by atoms with van der Waals surface area (Å²) in [6, 6.07) is 7.26. The van der Waals surface area contributed by atoms with Gasteiger partial charge in [0.25, 0.3) is 0 Å². The van der Waals surface area contributed by atoms with Crippen molar-refractivity contribution in [2.45, 2.75) is 19.0 Å². The number of halogens is 4. The number of benzene rings is 1. The number of carbonyl (C=O) groups is 1. The molecule has 1 heterocycles. The maximum absolute atomic E-state index is 12.3. The number of nitrogen functional groups attached to an aromatic ring is 1. The van der Waals surface area contributed by atoms with E-state index in [-0.39, 0.29) is 24.9 Å². The Morgan fingerprint density at radius 3 is 2.31 bits per heavy atom. The van der Waals surface area contributed by atoms with Gasteiger partial charge in [0.15, 0.2) is 0 Å². The third-order valence-corrected chi connectivity index (χ3v) is 4.09. The summed E-state index contributed by atoms with van der Waals surface area (Å²) in [6.07, 6.45) is -3.36. The number of amides is 1. The second-order valence-electron chi connectivity index (χ2n) is 6.16. The van der Waals surface area contributed by atoms with Crippen molar-refractivity contribution in [3.8, 4) is 0 Å². The summed E-state index contributed by atoms with van der Waals surface area (Å²) < 4.78 is 40.5. The van der Waals surface area contributed by atoms with E-state index in [1.807, 2.05) is 17.0 Å². The van der Waals surface area contributed by atoms with Crippen LogP contribution in [0.15, 0.2) is 24.3 Å². The van der Waals surface area contributed by atoms with Crippen LogP contribution in [0.2, 0.25) is 0 Å². The van der Waals surface area contributed by atoms with Crippen molar-refractivity contribution in [1.82, 2.24) is 9.80 Å².